The van der Waals surface area contributed by atoms with E-state index in [2.05, 4.69) is 48.4 Å². The smallest absolute Gasteiger partial charge is 0.0999 e. The van der Waals surface area contributed by atoms with Gasteiger partial charge in [-0.15, -0.1) is 5.10 Å². The van der Waals surface area contributed by atoms with Gasteiger partial charge in [0.25, 0.3) is 0 Å². The van der Waals surface area contributed by atoms with E-state index in [4.69, 9.17) is 5.73 Å². The molecule has 4 heteroatoms. The van der Waals surface area contributed by atoms with Gasteiger partial charge in [0, 0.05) is 6.54 Å². The molecule has 1 heterocycles. The molecular weight excluding hydrogens is 224 g/mol. The van der Waals surface area contributed by atoms with Crippen LogP contribution in [0.1, 0.15) is 36.7 Å². The van der Waals surface area contributed by atoms with Crippen LogP contribution in [-0.2, 0) is 13.0 Å². The third kappa shape index (κ3) is 2.59. The van der Waals surface area contributed by atoms with Gasteiger partial charge in [-0.05, 0) is 31.9 Å². The van der Waals surface area contributed by atoms with Crippen LogP contribution < -0.4 is 5.73 Å². The van der Waals surface area contributed by atoms with Gasteiger partial charge < -0.3 is 5.73 Å². The molecule has 2 aromatic rings. The summed E-state index contributed by atoms with van der Waals surface area (Å²) in [4.78, 5) is 0. The Labute approximate surface area is 108 Å². The molecule has 1 aromatic heterocycles. The highest BCUT2D eigenvalue weighted by Crippen LogP contribution is 2.15. The van der Waals surface area contributed by atoms with Crippen molar-refractivity contribution in [2.45, 2.75) is 39.7 Å². The molecule has 0 aliphatic carbocycles. The fraction of sp³-hybridized carbons (Fsp3) is 0.429. The summed E-state index contributed by atoms with van der Waals surface area (Å²) in [6, 6.07) is 8.31. The largest absolute Gasteiger partial charge is 0.325 e. The number of aromatic nitrogens is 3. The van der Waals surface area contributed by atoms with E-state index in [0.717, 1.165) is 36.3 Å². The first-order valence-electron chi connectivity index (χ1n) is 6.46. The third-order valence-corrected chi connectivity index (χ3v) is 3.08. The Morgan fingerprint density at radius 2 is 1.94 bits per heavy atom. The van der Waals surface area contributed by atoms with Crippen molar-refractivity contribution < 1.29 is 0 Å². The molecule has 0 aliphatic rings. The average Bonchev–Trinajstić information content (AvgIpc) is 2.80. The number of nitrogens with two attached hydrogens (primary N) is 1. The van der Waals surface area contributed by atoms with Crippen LogP contribution in [0.15, 0.2) is 24.3 Å². The molecule has 4 nitrogen and oxygen atoms in total. The lowest BCUT2D eigenvalue weighted by molar-refractivity contribution is 0.714. The molecule has 0 bridgehead atoms. The predicted octanol–water partition coefficient (Wildman–Crippen LogP) is 2.38. The minimum absolute atomic E-state index is 0.449. The van der Waals surface area contributed by atoms with Gasteiger partial charge in [0.2, 0.25) is 0 Å². The fourth-order valence-corrected chi connectivity index (χ4v) is 1.98. The lowest BCUT2D eigenvalue weighted by atomic mass is 10.1. The zero-order chi connectivity index (χ0) is 13.0. The second kappa shape index (κ2) is 5.78. The fourth-order valence-electron chi connectivity index (χ4n) is 1.98. The number of rotatable bonds is 5. The standard InChI is InChI=1S/C14H20N4/c1-3-4-5-14-13(10-15)16-17-18(14)12-8-6-11(2)7-9-12/h6-9H,3-5,10,15H2,1-2H3. The lowest BCUT2D eigenvalue weighted by Crippen LogP contribution is -2.06. The van der Waals surface area contributed by atoms with Crippen LogP contribution in [0.4, 0.5) is 0 Å². The maximum absolute atomic E-state index is 5.72. The molecule has 0 amide bonds. The van der Waals surface area contributed by atoms with Crippen molar-refractivity contribution in [2.75, 3.05) is 0 Å². The van der Waals surface area contributed by atoms with Gasteiger partial charge in [0.1, 0.15) is 0 Å². The van der Waals surface area contributed by atoms with E-state index in [1.54, 1.807) is 0 Å². The van der Waals surface area contributed by atoms with Crippen LogP contribution in [0.2, 0.25) is 0 Å². The van der Waals surface area contributed by atoms with E-state index in [9.17, 15) is 0 Å². The second-order valence-electron chi connectivity index (χ2n) is 4.54. The Morgan fingerprint density at radius 3 is 2.56 bits per heavy atom. The normalized spacial score (nSPS) is 10.8. The lowest BCUT2D eigenvalue weighted by Gasteiger charge is -2.07. The van der Waals surface area contributed by atoms with Gasteiger partial charge in [0.15, 0.2) is 0 Å². The van der Waals surface area contributed by atoms with Crippen molar-refractivity contribution in [3.8, 4) is 5.69 Å². The summed E-state index contributed by atoms with van der Waals surface area (Å²) in [6.07, 6.45) is 3.26. The summed E-state index contributed by atoms with van der Waals surface area (Å²) in [6.45, 7) is 4.71. The van der Waals surface area contributed by atoms with Crippen molar-refractivity contribution in [1.82, 2.24) is 15.0 Å². The summed E-state index contributed by atoms with van der Waals surface area (Å²) in [5, 5.41) is 8.40. The molecule has 2 N–H and O–H groups in total. The molecule has 0 aliphatic heterocycles. The van der Waals surface area contributed by atoms with Crippen molar-refractivity contribution in [1.29, 1.82) is 0 Å². The van der Waals surface area contributed by atoms with Gasteiger partial charge >= 0.3 is 0 Å². The highest BCUT2D eigenvalue weighted by Gasteiger charge is 2.12. The van der Waals surface area contributed by atoms with Gasteiger partial charge in [-0.2, -0.15) is 0 Å². The maximum atomic E-state index is 5.72. The minimum atomic E-state index is 0.449. The van der Waals surface area contributed by atoms with E-state index >= 15 is 0 Å². The molecule has 0 spiro atoms. The number of nitrogens with zero attached hydrogens (tertiary/aromatic N) is 3. The van der Waals surface area contributed by atoms with E-state index < -0.39 is 0 Å². The minimum Gasteiger partial charge on any atom is -0.325 e. The first-order valence-corrected chi connectivity index (χ1v) is 6.46. The molecule has 0 unspecified atom stereocenters. The van der Waals surface area contributed by atoms with Gasteiger partial charge in [-0.3, -0.25) is 0 Å². The highest BCUT2D eigenvalue weighted by atomic mass is 15.4. The Balaban J connectivity index is 2.37. The molecule has 0 radical (unpaired) electrons. The zero-order valence-corrected chi connectivity index (χ0v) is 11.1. The number of unbranched alkanes of at least 4 members (excludes halogenated alkanes) is 1. The van der Waals surface area contributed by atoms with E-state index in [0.29, 0.717) is 6.54 Å². The molecular formula is C14H20N4. The summed E-state index contributed by atoms with van der Waals surface area (Å²) in [5.74, 6) is 0. The SMILES string of the molecule is CCCCc1c(CN)nnn1-c1ccc(C)cc1. The number of hydrogen-bond donors (Lipinski definition) is 1. The molecule has 0 saturated carbocycles. The molecule has 96 valence electrons. The number of benzene rings is 1. The molecule has 0 atom stereocenters. The van der Waals surface area contributed by atoms with E-state index in [-0.39, 0.29) is 0 Å². The van der Waals surface area contributed by atoms with Gasteiger partial charge in [-0.25, -0.2) is 4.68 Å². The zero-order valence-electron chi connectivity index (χ0n) is 11.1. The number of aryl methyl sites for hydroxylation is 1. The molecule has 0 saturated heterocycles. The Hall–Kier alpha value is -1.68. The molecule has 2 rings (SSSR count). The monoisotopic (exact) mass is 244 g/mol. The van der Waals surface area contributed by atoms with Crippen LogP contribution in [0.25, 0.3) is 5.69 Å². The quantitative estimate of drug-likeness (QED) is 0.878. The molecule has 0 fully saturated rings. The van der Waals surface area contributed by atoms with Crippen LogP contribution in [0.5, 0.6) is 0 Å². The summed E-state index contributed by atoms with van der Waals surface area (Å²) >= 11 is 0. The van der Waals surface area contributed by atoms with Crippen molar-refractivity contribution in [3.63, 3.8) is 0 Å². The Kier molecular flexibility index (Phi) is 4.10. The summed E-state index contributed by atoms with van der Waals surface area (Å²) < 4.78 is 1.91. The average molecular weight is 244 g/mol. The Morgan fingerprint density at radius 1 is 1.22 bits per heavy atom. The number of hydrogen-bond acceptors (Lipinski definition) is 3. The summed E-state index contributed by atoms with van der Waals surface area (Å²) in [5.41, 5.74) is 10.1. The molecule has 1 aromatic carbocycles. The van der Waals surface area contributed by atoms with Crippen molar-refractivity contribution in [2.24, 2.45) is 5.73 Å². The highest BCUT2D eigenvalue weighted by molar-refractivity contribution is 5.35. The van der Waals surface area contributed by atoms with E-state index in [1.165, 1.54) is 5.56 Å². The first-order chi connectivity index (χ1) is 8.76. The van der Waals surface area contributed by atoms with Crippen LogP contribution in [-0.4, -0.2) is 15.0 Å². The van der Waals surface area contributed by atoms with Crippen LogP contribution in [0, 0.1) is 6.92 Å². The van der Waals surface area contributed by atoms with Crippen LogP contribution >= 0.6 is 0 Å². The summed E-state index contributed by atoms with van der Waals surface area (Å²) in [7, 11) is 0. The van der Waals surface area contributed by atoms with Crippen molar-refractivity contribution in [3.05, 3.63) is 41.2 Å². The Bertz CT molecular complexity index is 499. The van der Waals surface area contributed by atoms with Crippen molar-refractivity contribution >= 4 is 0 Å². The van der Waals surface area contributed by atoms with Crippen LogP contribution in [0.3, 0.4) is 0 Å². The maximum Gasteiger partial charge on any atom is 0.0999 e. The van der Waals surface area contributed by atoms with Gasteiger partial charge in [0.05, 0.1) is 17.1 Å². The second-order valence-corrected chi connectivity index (χ2v) is 4.54. The van der Waals surface area contributed by atoms with E-state index in [1.807, 2.05) is 4.68 Å². The predicted molar refractivity (Wildman–Crippen MR) is 72.6 cm³/mol. The van der Waals surface area contributed by atoms with Gasteiger partial charge in [-0.1, -0.05) is 36.3 Å². The third-order valence-electron chi connectivity index (χ3n) is 3.08. The first kappa shape index (κ1) is 12.8. The topological polar surface area (TPSA) is 56.7 Å². The molecule has 18 heavy (non-hydrogen) atoms.